The van der Waals surface area contributed by atoms with Crippen molar-refractivity contribution in [2.45, 2.75) is 44.5 Å². The molecule has 92 valence electrons. The Bertz CT molecular complexity index is 267. The highest BCUT2D eigenvalue weighted by molar-refractivity contribution is 9.09. The Morgan fingerprint density at radius 3 is 2.33 bits per heavy atom. The summed E-state index contributed by atoms with van der Waals surface area (Å²) >= 11 is 3.46. The van der Waals surface area contributed by atoms with E-state index in [1.807, 2.05) is 13.8 Å². The van der Waals surface area contributed by atoms with Crippen molar-refractivity contribution in [3.63, 3.8) is 0 Å². The normalized spacial score (nSPS) is 14.9. The van der Waals surface area contributed by atoms with Crippen LogP contribution in [-0.2, 0) is 10.2 Å². The van der Waals surface area contributed by atoms with Gasteiger partial charge in [-0.15, -0.1) is 0 Å². The highest BCUT2D eigenvalue weighted by Gasteiger charge is 2.19. The number of halogens is 1. The second kappa shape index (κ2) is 6.83. The summed E-state index contributed by atoms with van der Waals surface area (Å²) in [6, 6.07) is -0.0200. The van der Waals surface area contributed by atoms with Crippen LogP contribution in [0, 0.1) is 0 Å². The van der Waals surface area contributed by atoms with E-state index in [0.717, 1.165) is 12.8 Å². The van der Waals surface area contributed by atoms with Crippen molar-refractivity contribution >= 4 is 26.1 Å². The molecule has 4 nitrogen and oxygen atoms in total. The molecule has 6 heteroatoms. The van der Waals surface area contributed by atoms with Crippen LogP contribution in [0.25, 0.3) is 0 Å². The van der Waals surface area contributed by atoms with Gasteiger partial charge in [0.1, 0.15) is 0 Å². The van der Waals surface area contributed by atoms with Gasteiger partial charge < -0.3 is 0 Å². The largest absolute Gasteiger partial charge is 0.279 e. The molecule has 0 bridgehead atoms. The highest BCUT2D eigenvalue weighted by Crippen LogP contribution is 2.08. The van der Waals surface area contributed by atoms with Gasteiger partial charge in [0, 0.05) is 24.5 Å². The lowest BCUT2D eigenvalue weighted by Crippen LogP contribution is -2.42. The van der Waals surface area contributed by atoms with E-state index in [0.29, 0.717) is 11.4 Å². The fourth-order valence-electron chi connectivity index (χ4n) is 0.928. The van der Waals surface area contributed by atoms with E-state index < -0.39 is 10.2 Å². The molecule has 1 N–H and O–H groups in total. The van der Waals surface area contributed by atoms with E-state index >= 15 is 0 Å². The molecule has 0 saturated heterocycles. The van der Waals surface area contributed by atoms with Crippen LogP contribution in [0.4, 0.5) is 0 Å². The molecule has 0 aromatic carbocycles. The maximum Gasteiger partial charge on any atom is 0.279 e. The van der Waals surface area contributed by atoms with Crippen molar-refractivity contribution in [2.75, 3.05) is 13.6 Å². The third-order valence-electron chi connectivity index (χ3n) is 2.29. The minimum absolute atomic E-state index is 0.0200. The van der Waals surface area contributed by atoms with Gasteiger partial charge in [0.15, 0.2) is 0 Å². The average molecular weight is 301 g/mol. The molecule has 0 aliphatic carbocycles. The number of hydrogen-bond donors (Lipinski definition) is 1. The highest BCUT2D eigenvalue weighted by atomic mass is 79.9. The topological polar surface area (TPSA) is 49.4 Å². The molecule has 0 fully saturated rings. The average Bonchev–Trinajstić information content (AvgIpc) is 2.15. The molecule has 0 amide bonds. The number of alkyl halides is 1. The maximum absolute atomic E-state index is 11.6. The zero-order chi connectivity index (χ0) is 12.1. The molecule has 1 atom stereocenters. The van der Waals surface area contributed by atoms with Gasteiger partial charge in [-0.2, -0.15) is 12.7 Å². The van der Waals surface area contributed by atoms with Crippen LogP contribution in [-0.4, -0.2) is 37.2 Å². The monoisotopic (exact) mass is 300 g/mol. The van der Waals surface area contributed by atoms with Crippen molar-refractivity contribution in [3.05, 3.63) is 0 Å². The Morgan fingerprint density at radius 2 is 1.93 bits per heavy atom. The molecule has 1 unspecified atom stereocenters. The van der Waals surface area contributed by atoms with Crippen LogP contribution in [0.3, 0.4) is 0 Å². The Morgan fingerprint density at radius 1 is 1.40 bits per heavy atom. The minimum atomic E-state index is -3.30. The first-order chi connectivity index (χ1) is 6.81. The SMILES string of the molecule is CCC(Br)CCNS(=O)(=O)N(C)C(C)C. The fourth-order valence-corrected chi connectivity index (χ4v) is 2.29. The van der Waals surface area contributed by atoms with E-state index in [2.05, 4.69) is 27.6 Å². The summed E-state index contributed by atoms with van der Waals surface area (Å²) in [5.74, 6) is 0. The molecule has 15 heavy (non-hydrogen) atoms. The van der Waals surface area contributed by atoms with Crippen LogP contribution in [0.2, 0.25) is 0 Å². The van der Waals surface area contributed by atoms with Crippen LogP contribution in [0.5, 0.6) is 0 Å². The Balaban J connectivity index is 4.06. The Kier molecular flexibility index (Phi) is 6.99. The third kappa shape index (κ3) is 5.85. The van der Waals surface area contributed by atoms with E-state index in [1.54, 1.807) is 7.05 Å². The number of nitrogens with zero attached hydrogens (tertiary/aromatic N) is 1. The number of hydrogen-bond acceptors (Lipinski definition) is 2. The Hall–Kier alpha value is 0.350. The van der Waals surface area contributed by atoms with Gasteiger partial charge in [0.25, 0.3) is 10.2 Å². The third-order valence-corrected chi connectivity index (χ3v) is 5.15. The predicted molar refractivity (Wildman–Crippen MR) is 67.4 cm³/mol. The van der Waals surface area contributed by atoms with Crippen molar-refractivity contribution in [1.82, 2.24) is 9.03 Å². The maximum atomic E-state index is 11.6. The second-order valence-electron chi connectivity index (χ2n) is 3.80. The summed E-state index contributed by atoms with van der Waals surface area (Å²) in [5, 5.41) is 0. The summed E-state index contributed by atoms with van der Waals surface area (Å²) in [7, 11) is -1.72. The number of rotatable bonds is 7. The lowest BCUT2D eigenvalue weighted by molar-refractivity contribution is 0.402. The molecule has 0 spiro atoms. The van der Waals surface area contributed by atoms with E-state index in [9.17, 15) is 8.42 Å². The molecule has 0 aromatic rings. The molecular weight excluding hydrogens is 280 g/mol. The Labute approximate surface area is 102 Å². The first kappa shape index (κ1) is 15.3. The summed E-state index contributed by atoms with van der Waals surface area (Å²) in [6.45, 7) is 6.23. The van der Waals surface area contributed by atoms with Crippen LogP contribution in [0.1, 0.15) is 33.6 Å². The van der Waals surface area contributed by atoms with Crippen LogP contribution in [0.15, 0.2) is 0 Å². The molecule has 0 saturated carbocycles. The summed E-state index contributed by atoms with van der Waals surface area (Å²) in [5.41, 5.74) is 0. The molecule has 0 aromatic heterocycles. The fraction of sp³-hybridized carbons (Fsp3) is 1.00. The van der Waals surface area contributed by atoms with Gasteiger partial charge >= 0.3 is 0 Å². The van der Waals surface area contributed by atoms with E-state index in [-0.39, 0.29) is 6.04 Å². The second-order valence-corrected chi connectivity index (χ2v) is 6.91. The standard InChI is InChI=1S/C9H21BrN2O2S/c1-5-9(10)6-7-11-15(13,14)12(4)8(2)3/h8-9,11H,5-7H2,1-4H3. The zero-order valence-electron chi connectivity index (χ0n) is 9.83. The van der Waals surface area contributed by atoms with Gasteiger partial charge in [-0.3, -0.25) is 0 Å². The molecular formula is C9H21BrN2O2S. The van der Waals surface area contributed by atoms with Gasteiger partial charge in [-0.1, -0.05) is 22.9 Å². The predicted octanol–water partition coefficient (Wildman–Crippen LogP) is 1.72. The molecule has 0 aliphatic heterocycles. The molecule has 0 heterocycles. The quantitative estimate of drug-likeness (QED) is 0.728. The van der Waals surface area contributed by atoms with Gasteiger partial charge in [0.2, 0.25) is 0 Å². The number of nitrogens with one attached hydrogen (secondary N) is 1. The lowest BCUT2D eigenvalue weighted by atomic mass is 10.2. The summed E-state index contributed by atoms with van der Waals surface area (Å²) in [6.07, 6.45) is 1.81. The van der Waals surface area contributed by atoms with Crippen molar-refractivity contribution in [1.29, 1.82) is 0 Å². The van der Waals surface area contributed by atoms with Gasteiger partial charge in [-0.05, 0) is 26.7 Å². The van der Waals surface area contributed by atoms with Gasteiger partial charge in [-0.25, -0.2) is 4.72 Å². The lowest BCUT2D eigenvalue weighted by Gasteiger charge is -2.21. The first-order valence-corrected chi connectivity index (χ1v) is 7.53. The summed E-state index contributed by atoms with van der Waals surface area (Å²) in [4.78, 5) is 0.379. The van der Waals surface area contributed by atoms with Crippen molar-refractivity contribution in [2.24, 2.45) is 0 Å². The first-order valence-electron chi connectivity index (χ1n) is 5.18. The molecule has 0 aliphatic rings. The van der Waals surface area contributed by atoms with Gasteiger partial charge in [0.05, 0.1) is 0 Å². The minimum Gasteiger partial charge on any atom is -0.202 e. The zero-order valence-corrected chi connectivity index (χ0v) is 12.2. The van der Waals surface area contributed by atoms with Crippen LogP contribution >= 0.6 is 15.9 Å². The molecule has 0 rings (SSSR count). The molecule has 0 radical (unpaired) electrons. The van der Waals surface area contributed by atoms with Crippen molar-refractivity contribution in [3.8, 4) is 0 Å². The summed E-state index contributed by atoms with van der Waals surface area (Å²) < 4.78 is 27.2. The smallest absolute Gasteiger partial charge is 0.202 e. The van der Waals surface area contributed by atoms with Crippen LogP contribution < -0.4 is 4.72 Å². The van der Waals surface area contributed by atoms with E-state index in [4.69, 9.17) is 0 Å². The van der Waals surface area contributed by atoms with E-state index in [1.165, 1.54) is 4.31 Å². The van der Waals surface area contributed by atoms with Crippen molar-refractivity contribution < 1.29 is 8.42 Å².